The Morgan fingerprint density at radius 1 is 0.875 bits per heavy atom. The van der Waals surface area contributed by atoms with Crippen molar-refractivity contribution in [1.82, 2.24) is 0 Å². The summed E-state index contributed by atoms with van der Waals surface area (Å²) in [6.45, 7) is 0. The zero-order valence-electron chi connectivity index (χ0n) is 12.7. The first-order valence-corrected chi connectivity index (χ1v) is 7.23. The number of hydrogen-bond acceptors (Lipinski definition) is 1. The predicted octanol–water partition coefficient (Wildman–Crippen LogP) is 5.66. The summed E-state index contributed by atoms with van der Waals surface area (Å²) in [5.74, 6) is 0. The number of halogens is 2. The fourth-order valence-electron chi connectivity index (χ4n) is 3.35. The summed E-state index contributed by atoms with van der Waals surface area (Å²) in [7, 11) is 0. The Hall–Kier alpha value is -1.21. The summed E-state index contributed by atoms with van der Waals surface area (Å²) in [6, 6.07) is 14.8. The van der Waals surface area contributed by atoms with Gasteiger partial charge in [-0.25, -0.2) is 4.99 Å². The van der Waals surface area contributed by atoms with Crippen molar-refractivity contribution in [3.05, 3.63) is 82.9 Å². The number of para-hydroxylation sites is 1. The van der Waals surface area contributed by atoms with Crippen LogP contribution in [0.5, 0.6) is 0 Å². The van der Waals surface area contributed by atoms with Crippen LogP contribution in [0.3, 0.4) is 0 Å². The van der Waals surface area contributed by atoms with Gasteiger partial charge in [0.15, 0.2) is 0 Å². The van der Waals surface area contributed by atoms with E-state index in [0.717, 1.165) is 17.8 Å². The van der Waals surface area contributed by atoms with E-state index in [2.05, 4.69) is 60.7 Å². The molecule has 118 valence electrons. The summed E-state index contributed by atoms with van der Waals surface area (Å²) in [5.41, 5.74) is 9.71. The van der Waals surface area contributed by atoms with E-state index in [1.165, 1.54) is 33.4 Å². The van der Waals surface area contributed by atoms with Crippen molar-refractivity contribution in [2.24, 2.45) is 4.99 Å². The second-order valence-electron chi connectivity index (χ2n) is 5.50. The third kappa shape index (κ3) is 2.71. The van der Waals surface area contributed by atoms with Crippen LogP contribution in [0.2, 0.25) is 0 Å². The van der Waals surface area contributed by atoms with Crippen LogP contribution >= 0.6 is 24.8 Å². The number of aliphatic imine (C=N–C) groups is 1. The van der Waals surface area contributed by atoms with Gasteiger partial charge in [-0.1, -0.05) is 48.4 Å². The molecule has 0 aromatic heterocycles. The Morgan fingerprint density at radius 2 is 1.62 bits per heavy atom. The molecule has 2 aromatic carbocycles. The van der Waals surface area contributed by atoms with Gasteiger partial charge in [-0.05, 0) is 11.6 Å². The van der Waals surface area contributed by atoms with E-state index < -0.39 is 0 Å². The molecule has 2 aromatic rings. The SMILES string of the molecule is Cl.Cl.[C-]1=C(c2cccc3c2C=C2C3=Nc3ccccc32)C=CC1.[Zr]. The topological polar surface area (TPSA) is 12.4 Å². The van der Waals surface area contributed by atoms with E-state index >= 15 is 0 Å². The van der Waals surface area contributed by atoms with Crippen LogP contribution in [0.25, 0.3) is 17.2 Å². The second-order valence-corrected chi connectivity index (χ2v) is 5.50. The van der Waals surface area contributed by atoms with E-state index in [1.54, 1.807) is 0 Å². The zero-order chi connectivity index (χ0) is 13.8. The Morgan fingerprint density at radius 3 is 2.42 bits per heavy atom. The molecule has 0 unspecified atom stereocenters. The van der Waals surface area contributed by atoms with Gasteiger partial charge in [0.05, 0.1) is 11.4 Å². The number of nitrogens with zero attached hydrogens (tertiary/aromatic N) is 1. The minimum Gasteiger partial charge on any atom is -0.247 e. The fourth-order valence-corrected chi connectivity index (χ4v) is 3.35. The third-order valence-electron chi connectivity index (χ3n) is 4.32. The number of hydrogen-bond donors (Lipinski definition) is 0. The Balaban J connectivity index is 0.000000694. The molecule has 24 heavy (non-hydrogen) atoms. The smallest absolute Gasteiger partial charge is 0.0784 e. The molecule has 0 saturated carbocycles. The summed E-state index contributed by atoms with van der Waals surface area (Å²) < 4.78 is 0. The molecule has 0 radical (unpaired) electrons. The van der Waals surface area contributed by atoms with Crippen molar-refractivity contribution in [3.63, 3.8) is 0 Å². The molecule has 3 aliphatic rings. The maximum atomic E-state index is 4.82. The molecular weight excluding hydrogens is 416 g/mol. The van der Waals surface area contributed by atoms with E-state index in [0.29, 0.717) is 0 Å². The van der Waals surface area contributed by atoms with Crippen LogP contribution < -0.4 is 0 Å². The zero-order valence-corrected chi connectivity index (χ0v) is 16.8. The fraction of sp³-hybridized carbons (Fsp3) is 0.0500. The van der Waals surface area contributed by atoms with E-state index in [9.17, 15) is 0 Å². The quantitative estimate of drug-likeness (QED) is 0.518. The first-order chi connectivity index (χ1) is 10.4. The molecule has 1 nitrogen and oxygen atoms in total. The van der Waals surface area contributed by atoms with Gasteiger partial charge in [-0.2, -0.15) is 17.7 Å². The van der Waals surface area contributed by atoms with Crippen molar-refractivity contribution in [2.45, 2.75) is 6.42 Å². The molecule has 1 heterocycles. The number of benzene rings is 2. The largest absolute Gasteiger partial charge is 0.247 e. The van der Waals surface area contributed by atoms with Gasteiger partial charge in [0.2, 0.25) is 0 Å². The van der Waals surface area contributed by atoms with E-state index in [-0.39, 0.29) is 51.0 Å². The van der Waals surface area contributed by atoms with Gasteiger partial charge in [0.1, 0.15) is 0 Å². The van der Waals surface area contributed by atoms with Crippen molar-refractivity contribution in [3.8, 4) is 0 Å². The average Bonchev–Trinajstić information content (AvgIpc) is 3.22. The Bertz CT molecular complexity index is 923. The monoisotopic (exact) mass is 428 g/mol. The maximum Gasteiger partial charge on any atom is 0.0784 e. The molecule has 0 bridgehead atoms. The number of allylic oxidation sites excluding steroid dienone is 5. The Labute approximate surface area is 173 Å². The van der Waals surface area contributed by atoms with Gasteiger partial charge < -0.3 is 0 Å². The molecule has 1 aliphatic heterocycles. The Kier molecular flexibility index (Phi) is 5.86. The van der Waals surface area contributed by atoms with E-state index in [4.69, 9.17) is 4.99 Å². The molecule has 0 saturated heterocycles. The molecule has 2 aliphatic carbocycles. The van der Waals surface area contributed by atoms with E-state index in [1.807, 2.05) is 6.07 Å². The molecular formula is C20H14Cl2NZr-. The second kappa shape index (κ2) is 7.35. The van der Waals surface area contributed by atoms with Crippen molar-refractivity contribution in [1.29, 1.82) is 0 Å². The van der Waals surface area contributed by atoms with Crippen molar-refractivity contribution >= 4 is 53.4 Å². The molecule has 0 fully saturated rings. The van der Waals surface area contributed by atoms with Crippen LogP contribution in [0.4, 0.5) is 5.69 Å². The van der Waals surface area contributed by atoms with Gasteiger partial charge >= 0.3 is 0 Å². The van der Waals surface area contributed by atoms with Crippen LogP contribution in [0.1, 0.15) is 28.7 Å². The summed E-state index contributed by atoms with van der Waals surface area (Å²) >= 11 is 0. The summed E-state index contributed by atoms with van der Waals surface area (Å²) in [6.07, 6.45) is 10.9. The van der Waals surface area contributed by atoms with Crippen LogP contribution in [-0.4, -0.2) is 5.71 Å². The number of rotatable bonds is 1. The summed E-state index contributed by atoms with van der Waals surface area (Å²) in [5, 5.41) is 0. The van der Waals surface area contributed by atoms with Crippen LogP contribution in [-0.2, 0) is 26.2 Å². The third-order valence-corrected chi connectivity index (χ3v) is 4.32. The van der Waals surface area contributed by atoms with Crippen molar-refractivity contribution < 1.29 is 26.2 Å². The number of fused-ring (bicyclic) bond motifs is 5. The van der Waals surface area contributed by atoms with Crippen molar-refractivity contribution in [2.75, 3.05) is 0 Å². The molecule has 0 amide bonds. The van der Waals surface area contributed by atoms with Gasteiger partial charge in [-0.3, -0.25) is 0 Å². The molecule has 4 heteroatoms. The summed E-state index contributed by atoms with van der Waals surface area (Å²) in [4.78, 5) is 4.82. The van der Waals surface area contributed by atoms with Gasteiger partial charge in [0.25, 0.3) is 0 Å². The molecule has 0 N–H and O–H groups in total. The predicted molar refractivity (Wildman–Crippen MR) is 102 cm³/mol. The first-order valence-electron chi connectivity index (χ1n) is 7.23. The molecule has 0 atom stereocenters. The average molecular weight is 430 g/mol. The first kappa shape index (κ1) is 19.1. The van der Waals surface area contributed by atoms with Crippen LogP contribution in [0.15, 0.2) is 59.6 Å². The minimum absolute atomic E-state index is 0. The normalized spacial score (nSPS) is 14.9. The molecule has 5 rings (SSSR count). The minimum atomic E-state index is 0. The van der Waals surface area contributed by atoms with Crippen LogP contribution in [0, 0.1) is 6.08 Å². The standard InChI is InChI=1S/C20H12N.2ClH.Zr/c1-2-7-13(6-1)14-9-5-10-16-17(14)12-18-15-8-3-4-11-19(15)21-20(16)18;;;/h1,3-6,8-12H,2H2;2*1H;/q-1;;;. The van der Waals surface area contributed by atoms with Gasteiger partial charge in [-0.15, -0.1) is 42.5 Å². The maximum absolute atomic E-state index is 4.82. The molecule has 0 spiro atoms. The van der Waals surface area contributed by atoms with Gasteiger partial charge in [0, 0.05) is 37.3 Å².